The van der Waals surface area contributed by atoms with Gasteiger partial charge in [-0.25, -0.2) is 8.42 Å². The lowest BCUT2D eigenvalue weighted by Crippen LogP contribution is -2.30. The molecule has 1 aromatic carbocycles. The number of halogens is 2. The third-order valence-electron chi connectivity index (χ3n) is 2.23. The van der Waals surface area contributed by atoms with Crippen LogP contribution in [0.5, 0.6) is 0 Å². The summed E-state index contributed by atoms with van der Waals surface area (Å²) in [7, 11) is -3.45. The van der Waals surface area contributed by atoms with Crippen LogP contribution in [0.15, 0.2) is 23.1 Å². The molecule has 0 radical (unpaired) electrons. The second kappa shape index (κ2) is 5.36. The van der Waals surface area contributed by atoms with Gasteiger partial charge in [0.05, 0.1) is 14.9 Å². The molecule has 0 saturated heterocycles. The Labute approximate surface area is 106 Å². The summed E-state index contributed by atoms with van der Waals surface area (Å²) in [4.78, 5) is 0.172. The first-order valence-electron chi connectivity index (χ1n) is 4.88. The van der Waals surface area contributed by atoms with Crippen molar-refractivity contribution in [3.05, 3.63) is 28.2 Å². The minimum Gasteiger partial charge on any atom is -0.207 e. The maximum absolute atomic E-state index is 12.1. The van der Waals surface area contributed by atoms with Crippen molar-refractivity contribution in [2.45, 2.75) is 18.7 Å². The van der Waals surface area contributed by atoms with E-state index in [1.807, 2.05) is 0 Å². The van der Waals surface area contributed by atoms with Crippen LogP contribution in [0.1, 0.15) is 13.8 Å². The topological polar surface area (TPSA) is 37.4 Å². The van der Waals surface area contributed by atoms with Gasteiger partial charge in [0.1, 0.15) is 0 Å². The summed E-state index contributed by atoms with van der Waals surface area (Å²) < 4.78 is 25.5. The first kappa shape index (κ1) is 13.8. The second-order valence-corrected chi connectivity index (χ2v) is 5.92. The highest BCUT2D eigenvalue weighted by Crippen LogP contribution is 2.26. The van der Waals surface area contributed by atoms with E-state index in [1.54, 1.807) is 13.8 Å². The third-order valence-corrected chi connectivity index (χ3v) is 5.02. The van der Waals surface area contributed by atoms with Crippen LogP contribution in [0.4, 0.5) is 0 Å². The lowest BCUT2D eigenvalue weighted by molar-refractivity contribution is 0.445. The zero-order chi connectivity index (χ0) is 12.3. The number of sulfonamides is 1. The molecule has 0 aliphatic carbocycles. The van der Waals surface area contributed by atoms with Crippen LogP contribution in [-0.2, 0) is 10.0 Å². The van der Waals surface area contributed by atoms with Gasteiger partial charge >= 0.3 is 0 Å². The van der Waals surface area contributed by atoms with E-state index in [0.717, 1.165) is 0 Å². The molecule has 6 heteroatoms. The van der Waals surface area contributed by atoms with Crippen molar-refractivity contribution < 1.29 is 8.42 Å². The van der Waals surface area contributed by atoms with E-state index >= 15 is 0 Å². The SMILES string of the molecule is CCN(CC)S(=O)(=O)c1ccc(Cl)c(Cl)c1. The quantitative estimate of drug-likeness (QED) is 0.851. The summed E-state index contributed by atoms with van der Waals surface area (Å²) in [6, 6.07) is 4.32. The molecule has 0 spiro atoms. The molecular weight excluding hydrogens is 269 g/mol. The molecule has 0 aromatic heterocycles. The molecule has 0 heterocycles. The van der Waals surface area contributed by atoms with E-state index in [1.165, 1.54) is 22.5 Å². The fraction of sp³-hybridized carbons (Fsp3) is 0.400. The Bertz CT molecular complexity index is 470. The van der Waals surface area contributed by atoms with Crippen molar-refractivity contribution in [1.82, 2.24) is 4.31 Å². The van der Waals surface area contributed by atoms with Crippen molar-refractivity contribution in [3.8, 4) is 0 Å². The molecular formula is C10H13Cl2NO2S. The minimum absolute atomic E-state index is 0.172. The highest BCUT2D eigenvalue weighted by atomic mass is 35.5. The van der Waals surface area contributed by atoms with Gasteiger partial charge in [-0.2, -0.15) is 4.31 Å². The van der Waals surface area contributed by atoms with Crippen LogP contribution in [0.2, 0.25) is 10.0 Å². The summed E-state index contributed by atoms with van der Waals surface area (Å²) in [5, 5.41) is 0.593. The van der Waals surface area contributed by atoms with Crippen molar-refractivity contribution in [1.29, 1.82) is 0 Å². The monoisotopic (exact) mass is 281 g/mol. The minimum atomic E-state index is -3.45. The Kier molecular flexibility index (Phi) is 4.62. The van der Waals surface area contributed by atoms with Gasteiger partial charge in [-0.1, -0.05) is 37.0 Å². The van der Waals surface area contributed by atoms with E-state index in [9.17, 15) is 8.42 Å². The van der Waals surface area contributed by atoms with Gasteiger partial charge in [-0.15, -0.1) is 0 Å². The van der Waals surface area contributed by atoms with E-state index in [0.29, 0.717) is 18.1 Å². The predicted octanol–water partition coefficient (Wildman–Crippen LogP) is 3.02. The maximum atomic E-state index is 12.1. The van der Waals surface area contributed by atoms with Gasteiger partial charge in [0.25, 0.3) is 0 Å². The molecule has 1 rings (SSSR count). The Morgan fingerprint density at radius 1 is 1.12 bits per heavy atom. The predicted molar refractivity (Wildman–Crippen MR) is 66.6 cm³/mol. The van der Waals surface area contributed by atoms with Crippen molar-refractivity contribution >= 4 is 33.2 Å². The molecule has 0 atom stereocenters. The zero-order valence-corrected chi connectivity index (χ0v) is 11.4. The van der Waals surface area contributed by atoms with E-state index < -0.39 is 10.0 Å². The summed E-state index contributed by atoms with van der Waals surface area (Å²) in [6.07, 6.45) is 0. The van der Waals surface area contributed by atoms with Crippen LogP contribution in [0.3, 0.4) is 0 Å². The Balaban J connectivity index is 3.22. The molecule has 0 aliphatic rings. The molecule has 0 fully saturated rings. The maximum Gasteiger partial charge on any atom is 0.243 e. The van der Waals surface area contributed by atoms with E-state index in [-0.39, 0.29) is 9.92 Å². The first-order chi connectivity index (χ1) is 7.43. The van der Waals surface area contributed by atoms with Crippen molar-refractivity contribution in [3.63, 3.8) is 0 Å². The smallest absolute Gasteiger partial charge is 0.207 e. The molecule has 1 aromatic rings. The number of hydrogen-bond acceptors (Lipinski definition) is 2. The molecule has 0 unspecified atom stereocenters. The molecule has 0 bridgehead atoms. The normalized spacial score (nSPS) is 12.1. The molecule has 0 aliphatic heterocycles. The van der Waals surface area contributed by atoms with Crippen LogP contribution in [0.25, 0.3) is 0 Å². The Morgan fingerprint density at radius 3 is 2.12 bits per heavy atom. The highest BCUT2D eigenvalue weighted by molar-refractivity contribution is 7.89. The van der Waals surface area contributed by atoms with Gasteiger partial charge in [0.2, 0.25) is 10.0 Å². The summed E-state index contributed by atoms with van der Waals surface area (Å²) in [5.41, 5.74) is 0. The fourth-order valence-corrected chi connectivity index (χ4v) is 3.20. The number of benzene rings is 1. The van der Waals surface area contributed by atoms with Gasteiger partial charge in [0.15, 0.2) is 0 Å². The lowest BCUT2D eigenvalue weighted by Gasteiger charge is -2.18. The first-order valence-corrected chi connectivity index (χ1v) is 7.08. The van der Waals surface area contributed by atoms with Crippen LogP contribution >= 0.6 is 23.2 Å². The van der Waals surface area contributed by atoms with Crippen LogP contribution in [-0.4, -0.2) is 25.8 Å². The second-order valence-electron chi connectivity index (χ2n) is 3.17. The average Bonchev–Trinajstić information content (AvgIpc) is 2.23. The van der Waals surface area contributed by atoms with Crippen molar-refractivity contribution in [2.24, 2.45) is 0 Å². The van der Waals surface area contributed by atoms with Gasteiger partial charge in [-0.3, -0.25) is 0 Å². The lowest BCUT2D eigenvalue weighted by atomic mass is 10.4. The zero-order valence-electron chi connectivity index (χ0n) is 9.07. The van der Waals surface area contributed by atoms with Crippen molar-refractivity contribution in [2.75, 3.05) is 13.1 Å². The molecule has 90 valence electrons. The Hall–Kier alpha value is -0.290. The highest BCUT2D eigenvalue weighted by Gasteiger charge is 2.21. The Morgan fingerprint density at radius 2 is 1.69 bits per heavy atom. The largest absolute Gasteiger partial charge is 0.243 e. The standard InChI is InChI=1S/C10H13Cl2NO2S/c1-3-13(4-2)16(14,15)8-5-6-9(11)10(12)7-8/h5-7H,3-4H2,1-2H3. The molecule has 0 amide bonds. The molecule has 0 saturated carbocycles. The van der Waals surface area contributed by atoms with E-state index in [2.05, 4.69) is 0 Å². The average molecular weight is 282 g/mol. The van der Waals surface area contributed by atoms with E-state index in [4.69, 9.17) is 23.2 Å². The summed E-state index contributed by atoms with van der Waals surface area (Å²) >= 11 is 11.5. The fourth-order valence-electron chi connectivity index (χ4n) is 1.35. The molecule has 16 heavy (non-hydrogen) atoms. The molecule has 3 nitrogen and oxygen atoms in total. The number of hydrogen-bond donors (Lipinski definition) is 0. The third kappa shape index (κ3) is 2.69. The molecule has 0 N–H and O–H groups in total. The number of nitrogens with zero attached hydrogens (tertiary/aromatic N) is 1. The van der Waals surface area contributed by atoms with Gasteiger partial charge < -0.3 is 0 Å². The van der Waals surface area contributed by atoms with Gasteiger partial charge in [-0.05, 0) is 18.2 Å². The number of rotatable bonds is 4. The summed E-state index contributed by atoms with van der Waals surface area (Å²) in [5.74, 6) is 0. The summed E-state index contributed by atoms with van der Waals surface area (Å²) in [6.45, 7) is 4.44. The van der Waals surface area contributed by atoms with Crippen LogP contribution < -0.4 is 0 Å². The van der Waals surface area contributed by atoms with Gasteiger partial charge in [0, 0.05) is 13.1 Å². The van der Waals surface area contributed by atoms with Crippen LogP contribution in [0, 0.1) is 0 Å².